The van der Waals surface area contributed by atoms with Gasteiger partial charge in [0.15, 0.2) is 0 Å². The Hall–Kier alpha value is -3.79. The van der Waals surface area contributed by atoms with Crippen LogP contribution in [0.15, 0.2) is 68.7 Å². The number of hydrogen-bond acceptors (Lipinski definition) is 5. The molecule has 0 radical (unpaired) electrons. The van der Waals surface area contributed by atoms with Gasteiger partial charge < -0.3 is 19.3 Å². The standard InChI is InChI=1S/C24H24N4O5S/c1-14-11-18(14)22-10-7-15(33-22)13-28(2)23(29)17-5-3-4-6-19(17)27-34(31,32)16-8-9-20-21(12-16)26-24(30)25-20/h3-10,12,14,18,27H,11,13H2,1-2H3,(H2,25,26,30)/t14-,18-/m1/s1. The van der Waals surface area contributed by atoms with Gasteiger partial charge in [-0.3, -0.25) is 9.52 Å². The van der Waals surface area contributed by atoms with Gasteiger partial charge in [0, 0.05) is 13.0 Å². The van der Waals surface area contributed by atoms with Crippen molar-refractivity contribution in [3.05, 3.63) is 82.2 Å². The van der Waals surface area contributed by atoms with E-state index in [2.05, 4.69) is 21.6 Å². The maximum Gasteiger partial charge on any atom is 0.323 e. The first-order valence-corrected chi connectivity index (χ1v) is 12.4. The lowest BCUT2D eigenvalue weighted by atomic mass is 10.1. The van der Waals surface area contributed by atoms with Gasteiger partial charge in [0.25, 0.3) is 15.9 Å². The molecule has 4 aromatic rings. The normalized spacial score (nSPS) is 17.6. The predicted molar refractivity (Wildman–Crippen MR) is 127 cm³/mol. The van der Waals surface area contributed by atoms with Crippen LogP contribution in [0, 0.1) is 5.92 Å². The van der Waals surface area contributed by atoms with Crippen LogP contribution in [0.4, 0.5) is 5.69 Å². The topological polar surface area (TPSA) is 128 Å². The lowest BCUT2D eigenvalue weighted by molar-refractivity contribution is 0.0776. The molecule has 0 saturated heterocycles. The number of benzene rings is 2. The lowest BCUT2D eigenvalue weighted by Gasteiger charge is -2.18. The number of nitrogens with zero attached hydrogens (tertiary/aromatic N) is 1. The number of carbonyl (C=O) groups excluding carboxylic acids is 1. The predicted octanol–water partition coefficient (Wildman–Crippen LogP) is 3.65. The largest absolute Gasteiger partial charge is 0.464 e. The molecule has 2 aromatic heterocycles. The lowest BCUT2D eigenvalue weighted by Crippen LogP contribution is -2.27. The summed E-state index contributed by atoms with van der Waals surface area (Å²) >= 11 is 0. The molecule has 1 saturated carbocycles. The van der Waals surface area contributed by atoms with Crippen LogP contribution in [0.5, 0.6) is 0 Å². The molecule has 0 unspecified atom stereocenters. The van der Waals surface area contributed by atoms with E-state index in [0.717, 1.165) is 12.2 Å². The number of furan rings is 1. The fourth-order valence-electron chi connectivity index (χ4n) is 4.05. The second kappa shape index (κ2) is 8.21. The quantitative estimate of drug-likeness (QED) is 0.372. The number of anilines is 1. The number of imidazole rings is 1. The molecule has 9 nitrogen and oxygen atoms in total. The molecule has 2 heterocycles. The molecule has 2 aromatic carbocycles. The van der Waals surface area contributed by atoms with Gasteiger partial charge in [-0.15, -0.1) is 0 Å². The molecule has 10 heteroatoms. The Balaban J connectivity index is 1.36. The van der Waals surface area contributed by atoms with E-state index in [0.29, 0.717) is 28.6 Å². The summed E-state index contributed by atoms with van der Waals surface area (Å²) in [6.07, 6.45) is 1.11. The highest BCUT2D eigenvalue weighted by Gasteiger charge is 2.36. The molecule has 1 aliphatic rings. The second-order valence-corrected chi connectivity index (χ2v) is 10.4. The number of rotatable bonds is 7. The smallest absolute Gasteiger partial charge is 0.323 e. The summed E-state index contributed by atoms with van der Waals surface area (Å²) in [5.41, 5.74) is 0.821. The Kier molecular flexibility index (Phi) is 5.32. The zero-order chi connectivity index (χ0) is 24.0. The monoisotopic (exact) mass is 480 g/mol. The number of H-pyrrole nitrogens is 2. The molecule has 3 N–H and O–H groups in total. The highest BCUT2D eigenvalue weighted by molar-refractivity contribution is 7.92. The molecule has 2 atom stereocenters. The SMILES string of the molecule is C[C@@H]1C[C@H]1c1ccc(CN(C)C(=O)c2ccccc2NS(=O)(=O)c2ccc3[nH]c(=O)[nH]c3c2)o1. The van der Waals surface area contributed by atoms with Crippen LogP contribution >= 0.6 is 0 Å². The van der Waals surface area contributed by atoms with Gasteiger partial charge in [-0.2, -0.15) is 0 Å². The number of fused-ring (bicyclic) bond motifs is 1. The molecule has 176 valence electrons. The van der Waals surface area contributed by atoms with Gasteiger partial charge >= 0.3 is 5.69 Å². The zero-order valence-electron chi connectivity index (χ0n) is 18.7. The van der Waals surface area contributed by atoms with E-state index in [9.17, 15) is 18.0 Å². The number of aromatic amines is 2. The van der Waals surface area contributed by atoms with Crippen LogP contribution in [-0.4, -0.2) is 36.2 Å². The maximum absolute atomic E-state index is 13.2. The molecular weight excluding hydrogens is 456 g/mol. The summed E-state index contributed by atoms with van der Waals surface area (Å²) in [4.78, 5) is 31.2. The molecule has 1 fully saturated rings. The fraction of sp³-hybridized carbons (Fsp3) is 0.250. The Morgan fingerprint density at radius 2 is 1.85 bits per heavy atom. The Bertz CT molecular complexity index is 1550. The Labute approximate surface area is 195 Å². The average molecular weight is 481 g/mol. The minimum atomic E-state index is -4.02. The third-order valence-electron chi connectivity index (χ3n) is 6.10. The number of sulfonamides is 1. The van der Waals surface area contributed by atoms with E-state index >= 15 is 0 Å². The van der Waals surface area contributed by atoms with Gasteiger partial charge in [0.2, 0.25) is 0 Å². The molecule has 5 rings (SSSR count). The summed E-state index contributed by atoms with van der Waals surface area (Å²) in [6, 6.07) is 14.5. The first-order valence-electron chi connectivity index (χ1n) is 10.9. The molecular formula is C24H24N4O5S. The van der Waals surface area contributed by atoms with Gasteiger partial charge in [-0.05, 0) is 54.8 Å². The van der Waals surface area contributed by atoms with Crippen LogP contribution in [0.25, 0.3) is 11.0 Å². The van der Waals surface area contributed by atoms with E-state index in [1.165, 1.54) is 29.2 Å². The van der Waals surface area contributed by atoms with Crippen LogP contribution in [0.2, 0.25) is 0 Å². The van der Waals surface area contributed by atoms with Gasteiger partial charge in [-0.25, -0.2) is 13.2 Å². The van der Waals surface area contributed by atoms with Crippen LogP contribution in [-0.2, 0) is 16.6 Å². The van der Waals surface area contributed by atoms with Crippen LogP contribution in [0.3, 0.4) is 0 Å². The van der Waals surface area contributed by atoms with Gasteiger partial charge in [0.05, 0.1) is 33.7 Å². The van der Waals surface area contributed by atoms with Gasteiger partial charge in [0.1, 0.15) is 11.5 Å². The number of para-hydroxylation sites is 1. The number of amides is 1. The molecule has 0 aliphatic heterocycles. The summed E-state index contributed by atoms with van der Waals surface area (Å²) in [7, 11) is -2.37. The molecule has 1 amide bonds. The van der Waals surface area contributed by atoms with Crippen molar-refractivity contribution >= 4 is 32.7 Å². The third-order valence-corrected chi connectivity index (χ3v) is 7.46. The van der Waals surface area contributed by atoms with E-state index in [1.54, 1.807) is 25.2 Å². The number of carbonyl (C=O) groups is 1. The second-order valence-electron chi connectivity index (χ2n) is 8.72. The Morgan fingerprint density at radius 3 is 2.62 bits per heavy atom. The zero-order valence-corrected chi connectivity index (χ0v) is 19.5. The van der Waals surface area contributed by atoms with E-state index in [-0.39, 0.29) is 28.6 Å². The van der Waals surface area contributed by atoms with Crippen molar-refractivity contribution < 1.29 is 17.6 Å². The van der Waals surface area contributed by atoms with Crippen molar-refractivity contribution in [1.82, 2.24) is 14.9 Å². The minimum Gasteiger partial charge on any atom is -0.464 e. The van der Waals surface area contributed by atoms with E-state index in [1.807, 2.05) is 12.1 Å². The van der Waals surface area contributed by atoms with Crippen molar-refractivity contribution in [3.63, 3.8) is 0 Å². The summed E-state index contributed by atoms with van der Waals surface area (Å²) in [6.45, 7) is 2.44. The first-order chi connectivity index (χ1) is 16.2. The van der Waals surface area contributed by atoms with E-state index < -0.39 is 15.7 Å². The highest BCUT2D eigenvalue weighted by atomic mass is 32.2. The maximum atomic E-state index is 13.2. The molecule has 1 aliphatic carbocycles. The van der Waals surface area contributed by atoms with E-state index in [4.69, 9.17) is 4.42 Å². The van der Waals surface area contributed by atoms with Gasteiger partial charge in [-0.1, -0.05) is 19.1 Å². The summed E-state index contributed by atoms with van der Waals surface area (Å²) in [5, 5.41) is 0. The van der Waals surface area contributed by atoms with Crippen LogP contribution < -0.4 is 10.4 Å². The first kappa shape index (κ1) is 22.0. The minimum absolute atomic E-state index is 0.0386. The van der Waals surface area contributed by atoms with Crippen molar-refractivity contribution in [2.24, 2.45) is 5.92 Å². The number of aromatic nitrogens is 2. The average Bonchev–Trinajstić information content (AvgIpc) is 3.17. The molecule has 0 bridgehead atoms. The summed E-state index contributed by atoms with van der Waals surface area (Å²) in [5.74, 6) is 2.35. The summed E-state index contributed by atoms with van der Waals surface area (Å²) < 4.78 is 34.5. The van der Waals surface area contributed by atoms with Crippen molar-refractivity contribution in [2.45, 2.75) is 30.7 Å². The Morgan fingerprint density at radius 1 is 1.12 bits per heavy atom. The molecule has 34 heavy (non-hydrogen) atoms. The van der Waals surface area contributed by atoms with Crippen molar-refractivity contribution in [2.75, 3.05) is 11.8 Å². The van der Waals surface area contributed by atoms with Crippen LogP contribution in [0.1, 0.15) is 41.1 Å². The molecule has 0 spiro atoms. The number of nitrogens with one attached hydrogen (secondary N) is 3. The van der Waals surface area contributed by atoms with Crippen molar-refractivity contribution in [3.8, 4) is 0 Å². The highest BCUT2D eigenvalue weighted by Crippen LogP contribution is 2.47. The van der Waals surface area contributed by atoms with Crippen molar-refractivity contribution in [1.29, 1.82) is 0 Å². The number of hydrogen-bond donors (Lipinski definition) is 3. The third kappa shape index (κ3) is 4.24. The fourth-order valence-corrected chi connectivity index (χ4v) is 5.16.